The van der Waals surface area contributed by atoms with Gasteiger partial charge in [0.05, 0.1) is 12.2 Å². The van der Waals surface area contributed by atoms with Gasteiger partial charge in [-0.05, 0) is 25.5 Å². The van der Waals surface area contributed by atoms with Gasteiger partial charge in [-0.2, -0.15) is 0 Å². The highest BCUT2D eigenvalue weighted by atomic mass is 16.5. The molecule has 0 aliphatic carbocycles. The van der Waals surface area contributed by atoms with E-state index in [1.165, 1.54) is 0 Å². The summed E-state index contributed by atoms with van der Waals surface area (Å²) in [5.74, 6) is 0.620. The molecule has 0 bridgehead atoms. The number of carbonyl (C=O) groups is 2. The number of rotatable bonds is 8. The fourth-order valence-corrected chi connectivity index (χ4v) is 2.35. The summed E-state index contributed by atoms with van der Waals surface area (Å²) in [6.07, 6.45) is 2.68. The van der Waals surface area contributed by atoms with Gasteiger partial charge in [0.1, 0.15) is 12.4 Å². The first-order valence-corrected chi connectivity index (χ1v) is 7.36. The number of nitrogens with zero attached hydrogens (tertiary/aromatic N) is 1. The van der Waals surface area contributed by atoms with E-state index < -0.39 is 0 Å². The van der Waals surface area contributed by atoms with Crippen LogP contribution in [-0.2, 0) is 20.9 Å². The first-order chi connectivity index (χ1) is 10.2. The summed E-state index contributed by atoms with van der Waals surface area (Å²) < 4.78 is 10.6. The second-order valence-corrected chi connectivity index (χ2v) is 5.11. The third kappa shape index (κ3) is 4.60. The minimum Gasteiger partial charge on any atom is -0.467 e. The Bertz CT molecular complexity index is 458. The van der Waals surface area contributed by atoms with Crippen molar-refractivity contribution in [3.05, 3.63) is 24.2 Å². The topological polar surface area (TPSA) is 71.8 Å². The maximum absolute atomic E-state index is 11.9. The van der Waals surface area contributed by atoms with Crippen LogP contribution in [0.1, 0.15) is 25.5 Å². The Morgan fingerprint density at radius 1 is 1.57 bits per heavy atom. The molecule has 0 spiro atoms. The largest absolute Gasteiger partial charge is 0.467 e. The van der Waals surface area contributed by atoms with E-state index in [0.717, 1.165) is 12.2 Å². The molecule has 1 aromatic rings. The molecule has 1 aliphatic heterocycles. The fraction of sp³-hybridized carbons (Fsp3) is 0.600. The molecule has 0 aromatic carbocycles. The first kappa shape index (κ1) is 15.6. The van der Waals surface area contributed by atoms with Gasteiger partial charge in [0.25, 0.3) is 0 Å². The van der Waals surface area contributed by atoms with E-state index in [4.69, 9.17) is 9.15 Å². The number of hydrogen-bond donors (Lipinski definition) is 1. The second kappa shape index (κ2) is 7.83. The molecule has 1 saturated heterocycles. The highest BCUT2D eigenvalue weighted by Crippen LogP contribution is 2.17. The van der Waals surface area contributed by atoms with E-state index in [1.54, 1.807) is 11.2 Å². The minimum atomic E-state index is -0.207. The van der Waals surface area contributed by atoms with Crippen molar-refractivity contribution in [3.8, 4) is 0 Å². The Balaban J connectivity index is 1.54. The molecule has 1 atom stereocenters. The van der Waals surface area contributed by atoms with Crippen LogP contribution in [0.5, 0.6) is 0 Å². The quantitative estimate of drug-likeness (QED) is 0.731. The second-order valence-electron chi connectivity index (χ2n) is 5.11. The summed E-state index contributed by atoms with van der Waals surface area (Å²) in [4.78, 5) is 25.2. The summed E-state index contributed by atoms with van der Waals surface area (Å²) >= 11 is 0. The number of furan rings is 1. The molecule has 116 valence electrons. The summed E-state index contributed by atoms with van der Waals surface area (Å²) in [5, 5.41) is 2.86. The number of likely N-dealkylation sites (tertiary alicyclic amines) is 1. The van der Waals surface area contributed by atoms with Crippen LogP contribution in [0.15, 0.2) is 22.8 Å². The highest BCUT2D eigenvalue weighted by Gasteiger charge is 2.32. The van der Waals surface area contributed by atoms with Gasteiger partial charge < -0.3 is 19.4 Å². The molecule has 0 radical (unpaired) electrons. The Morgan fingerprint density at radius 3 is 3.10 bits per heavy atom. The Morgan fingerprint density at radius 2 is 2.43 bits per heavy atom. The van der Waals surface area contributed by atoms with Crippen LogP contribution in [-0.4, -0.2) is 43.0 Å². The zero-order chi connectivity index (χ0) is 15.1. The van der Waals surface area contributed by atoms with Crippen molar-refractivity contribution >= 4 is 11.8 Å². The van der Waals surface area contributed by atoms with E-state index in [9.17, 15) is 9.59 Å². The summed E-state index contributed by atoms with van der Waals surface area (Å²) in [6.45, 7) is 4.71. The average molecular weight is 294 g/mol. The summed E-state index contributed by atoms with van der Waals surface area (Å²) in [7, 11) is 0. The molecule has 6 nitrogen and oxygen atoms in total. The lowest BCUT2D eigenvalue weighted by molar-refractivity contribution is -0.128. The van der Waals surface area contributed by atoms with Crippen LogP contribution in [0.4, 0.5) is 0 Å². The van der Waals surface area contributed by atoms with Gasteiger partial charge in [0.15, 0.2) is 0 Å². The molecule has 0 saturated carbocycles. The van der Waals surface area contributed by atoms with Crippen molar-refractivity contribution in [1.82, 2.24) is 10.2 Å². The number of nitrogens with one attached hydrogen (secondary N) is 1. The maximum atomic E-state index is 11.9. The van der Waals surface area contributed by atoms with Crippen molar-refractivity contribution < 1.29 is 18.7 Å². The standard InChI is InChI=1S/C15H22N2O4/c1-2-17-10-12(9-14(17)18)15(19)16-6-4-7-20-11-13-5-3-8-21-13/h3,5,8,12H,2,4,6-7,9-11H2,1H3,(H,16,19)/t12-/m1/s1. The van der Waals surface area contributed by atoms with Crippen LogP contribution in [0.2, 0.25) is 0 Å². The molecule has 1 fully saturated rings. The predicted octanol–water partition coefficient (Wildman–Crippen LogP) is 1.17. The van der Waals surface area contributed by atoms with Crippen LogP contribution < -0.4 is 5.32 Å². The van der Waals surface area contributed by atoms with Gasteiger partial charge in [-0.25, -0.2) is 0 Å². The van der Waals surface area contributed by atoms with Gasteiger partial charge >= 0.3 is 0 Å². The van der Waals surface area contributed by atoms with Crippen molar-refractivity contribution in [3.63, 3.8) is 0 Å². The third-order valence-electron chi connectivity index (χ3n) is 3.56. The smallest absolute Gasteiger partial charge is 0.225 e. The molecule has 1 aromatic heterocycles. The van der Waals surface area contributed by atoms with Crippen molar-refractivity contribution in [2.45, 2.75) is 26.4 Å². The predicted molar refractivity (Wildman–Crippen MR) is 76.4 cm³/mol. The Hall–Kier alpha value is -1.82. The van der Waals surface area contributed by atoms with Crippen molar-refractivity contribution in [2.75, 3.05) is 26.2 Å². The summed E-state index contributed by atoms with van der Waals surface area (Å²) in [5.41, 5.74) is 0. The zero-order valence-corrected chi connectivity index (χ0v) is 12.3. The first-order valence-electron chi connectivity index (χ1n) is 7.36. The minimum absolute atomic E-state index is 0.0367. The molecule has 2 rings (SSSR count). The van der Waals surface area contributed by atoms with E-state index in [0.29, 0.717) is 39.3 Å². The van der Waals surface area contributed by atoms with Gasteiger partial charge in [0, 0.05) is 32.7 Å². The number of ether oxygens (including phenoxy) is 1. The SMILES string of the molecule is CCN1C[C@H](C(=O)NCCCOCc2ccco2)CC1=O. The normalized spacial score (nSPS) is 18.2. The van der Waals surface area contributed by atoms with E-state index in [2.05, 4.69) is 5.32 Å². The lowest BCUT2D eigenvalue weighted by Crippen LogP contribution is -2.33. The lowest BCUT2D eigenvalue weighted by Gasteiger charge is -2.13. The van der Waals surface area contributed by atoms with Gasteiger partial charge in [-0.15, -0.1) is 0 Å². The molecule has 2 amide bonds. The highest BCUT2D eigenvalue weighted by molar-refractivity contribution is 5.89. The van der Waals surface area contributed by atoms with Gasteiger partial charge in [-0.3, -0.25) is 9.59 Å². The zero-order valence-electron chi connectivity index (χ0n) is 12.3. The van der Waals surface area contributed by atoms with Gasteiger partial charge in [-0.1, -0.05) is 0 Å². The number of amides is 2. The summed E-state index contributed by atoms with van der Waals surface area (Å²) in [6, 6.07) is 3.68. The molecular weight excluding hydrogens is 272 g/mol. The Labute approximate surface area is 124 Å². The Kier molecular flexibility index (Phi) is 5.80. The molecule has 1 N–H and O–H groups in total. The van der Waals surface area contributed by atoms with E-state index >= 15 is 0 Å². The number of hydrogen-bond acceptors (Lipinski definition) is 4. The lowest BCUT2D eigenvalue weighted by atomic mass is 10.1. The molecule has 21 heavy (non-hydrogen) atoms. The third-order valence-corrected chi connectivity index (χ3v) is 3.56. The molecule has 2 heterocycles. The number of carbonyl (C=O) groups excluding carboxylic acids is 2. The van der Waals surface area contributed by atoms with E-state index in [1.807, 2.05) is 19.1 Å². The molecule has 0 unspecified atom stereocenters. The van der Waals surface area contributed by atoms with Crippen LogP contribution in [0.3, 0.4) is 0 Å². The monoisotopic (exact) mass is 294 g/mol. The van der Waals surface area contributed by atoms with Crippen molar-refractivity contribution in [2.24, 2.45) is 5.92 Å². The molecule has 1 aliphatic rings. The maximum Gasteiger partial charge on any atom is 0.225 e. The van der Waals surface area contributed by atoms with Gasteiger partial charge in [0.2, 0.25) is 11.8 Å². The molecule has 6 heteroatoms. The van der Waals surface area contributed by atoms with Crippen LogP contribution >= 0.6 is 0 Å². The molecular formula is C15H22N2O4. The van der Waals surface area contributed by atoms with Crippen LogP contribution in [0.25, 0.3) is 0 Å². The van der Waals surface area contributed by atoms with Crippen molar-refractivity contribution in [1.29, 1.82) is 0 Å². The van der Waals surface area contributed by atoms with E-state index in [-0.39, 0.29) is 17.7 Å². The average Bonchev–Trinajstić information content (AvgIpc) is 3.11. The fourth-order valence-electron chi connectivity index (χ4n) is 2.35. The van der Waals surface area contributed by atoms with Crippen LogP contribution in [0, 0.1) is 5.92 Å².